The largest absolute Gasteiger partial charge is 0.342 e. The van der Waals surface area contributed by atoms with Crippen molar-refractivity contribution < 1.29 is 4.79 Å². The van der Waals surface area contributed by atoms with E-state index in [4.69, 9.17) is 0 Å². The molecule has 1 heterocycles. The Morgan fingerprint density at radius 2 is 2.36 bits per heavy atom. The van der Waals surface area contributed by atoms with E-state index in [-0.39, 0.29) is 0 Å². The van der Waals surface area contributed by atoms with Crippen LogP contribution in [0, 0.1) is 11.8 Å². The average Bonchev–Trinajstić information content (AvgIpc) is 2.47. The summed E-state index contributed by atoms with van der Waals surface area (Å²) >= 11 is 4.24. The monoisotopic (exact) mass is 215 g/mol. The third-order valence-electron chi connectivity index (χ3n) is 2.84. The van der Waals surface area contributed by atoms with E-state index in [2.05, 4.69) is 26.5 Å². The minimum atomic E-state index is 0.345. The van der Waals surface area contributed by atoms with Crippen LogP contribution in [-0.2, 0) is 4.79 Å². The number of rotatable bonds is 5. The maximum atomic E-state index is 11.6. The molecule has 0 aromatic heterocycles. The second-order valence-corrected chi connectivity index (χ2v) is 4.81. The van der Waals surface area contributed by atoms with Gasteiger partial charge in [0.05, 0.1) is 0 Å². The molecule has 2 unspecified atom stereocenters. The molecule has 2 nitrogen and oxygen atoms in total. The molecule has 0 N–H and O–H groups in total. The highest BCUT2D eigenvalue weighted by Gasteiger charge is 2.29. The molecule has 1 rings (SSSR count). The van der Waals surface area contributed by atoms with E-state index < -0.39 is 0 Å². The van der Waals surface area contributed by atoms with Crippen LogP contribution in [0.4, 0.5) is 0 Å². The quantitative estimate of drug-likeness (QED) is 0.697. The Morgan fingerprint density at radius 1 is 1.64 bits per heavy atom. The summed E-state index contributed by atoms with van der Waals surface area (Å²) in [6, 6.07) is 0. The second kappa shape index (κ2) is 5.64. The lowest BCUT2D eigenvalue weighted by Crippen LogP contribution is -2.30. The molecule has 0 saturated carbocycles. The third-order valence-corrected chi connectivity index (χ3v) is 3.46. The van der Waals surface area contributed by atoms with Crippen molar-refractivity contribution in [3.05, 3.63) is 0 Å². The summed E-state index contributed by atoms with van der Waals surface area (Å²) in [4.78, 5) is 13.6. The molecule has 1 fully saturated rings. The highest BCUT2D eigenvalue weighted by molar-refractivity contribution is 7.80. The van der Waals surface area contributed by atoms with Gasteiger partial charge in [-0.25, -0.2) is 0 Å². The van der Waals surface area contributed by atoms with Gasteiger partial charge in [0.2, 0.25) is 5.91 Å². The third kappa shape index (κ3) is 3.19. The van der Waals surface area contributed by atoms with Crippen LogP contribution in [0.2, 0.25) is 0 Å². The van der Waals surface area contributed by atoms with E-state index in [9.17, 15) is 4.79 Å². The van der Waals surface area contributed by atoms with Gasteiger partial charge in [-0.3, -0.25) is 4.79 Å². The fraction of sp³-hybridized carbons (Fsp3) is 0.909. The molecule has 3 heteroatoms. The normalized spacial score (nSPS) is 24.4. The summed E-state index contributed by atoms with van der Waals surface area (Å²) in [5, 5.41) is 0. The number of thiol groups is 1. The minimum absolute atomic E-state index is 0.345. The minimum Gasteiger partial charge on any atom is -0.342 e. The molecule has 0 aromatic carbocycles. The van der Waals surface area contributed by atoms with Crippen LogP contribution < -0.4 is 0 Å². The second-order valence-electron chi connectivity index (χ2n) is 4.45. The first-order valence-corrected chi connectivity index (χ1v) is 6.19. The van der Waals surface area contributed by atoms with Crippen molar-refractivity contribution in [1.82, 2.24) is 4.90 Å². The SMILES string of the molecule is CCCC1CC(=O)N(CC(C)CS)C1. The molecule has 1 aliphatic heterocycles. The maximum absolute atomic E-state index is 11.6. The van der Waals surface area contributed by atoms with Crippen LogP contribution in [0.1, 0.15) is 33.1 Å². The molecular formula is C11H21NOS. The summed E-state index contributed by atoms with van der Waals surface area (Å²) in [6.07, 6.45) is 3.15. The van der Waals surface area contributed by atoms with E-state index in [1.807, 2.05) is 4.90 Å². The first-order chi connectivity index (χ1) is 6.67. The number of amides is 1. The van der Waals surface area contributed by atoms with Crippen LogP contribution >= 0.6 is 12.6 Å². The predicted molar refractivity (Wildman–Crippen MR) is 62.6 cm³/mol. The van der Waals surface area contributed by atoms with Crippen LogP contribution in [0.15, 0.2) is 0 Å². The lowest BCUT2D eigenvalue weighted by atomic mass is 10.0. The summed E-state index contributed by atoms with van der Waals surface area (Å²) in [5.74, 6) is 2.33. The van der Waals surface area contributed by atoms with E-state index in [0.29, 0.717) is 17.7 Å². The fourth-order valence-electron chi connectivity index (χ4n) is 2.07. The zero-order chi connectivity index (χ0) is 10.6. The van der Waals surface area contributed by atoms with Crippen LogP contribution in [-0.4, -0.2) is 29.6 Å². The Hall–Kier alpha value is -0.180. The Balaban J connectivity index is 2.36. The first-order valence-electron chi connectivity index (χ1n) is 5.56. The molecule has 0 aliphatic carbocycles. The van der Waals surface area contributed by atoms with Crippen molar-refractivity contribution in [3.63, 3.8) is 0 Å². The molecule has 2 atom stereocenters. The van der Waals surface area contributed by atoms with Crippen LogP contribution in [0.3, 0.4) is 0 Å². The van der Waals surface area contributed by atoms with Crippen molar-refractivity contribution in [2.24, 2.45) is 11.8 Å². The fourth-order valence-corrected chi connectivity index (χ4v) is 2.18. The zero-order valence-corrected chi connectivity index (χ0v) is 10.1. The van der Waals surface area contributed by atoms with Crippen molar-refractivity contribution in [3.8, 4) is 0 Å². The van der Waals surface area contributed by atoms with Gasteiger partial charge in [0, 0.05) is 19.5 Å². The number of hydrogen-bond donors (Lipinski definition) is 1. The summed E-state index contributed by atoms with van der Waals surface area (Å²) in [5.41, 5.74) is 0. The molecule has 1 saturated heterocycles. The molecule has 0 aromatic rings. The van der Waals surface area contributed by atoms with Crippen molar-refractivity contribution in [2.45, 2.75) is 33.1 Å². The van der Waals surface area contributed by atoms with Gasteiger partial charge in [-0.15, -0.1) is 0 Å². The van der Waals surface area contributed by atoms with Gasteiger partial charge in [-0.2, -0.15) is 12.6 Å². The van der Waals surface area contributed by atoms with Gasteiger partial charge in [-0.1, -0.05) is 20.3 Å². The highest BCUT2D eigenvalue weighted by Crippen LogP contribution is 2.22. The molecule has 0 spiro atoms. The van der Waals surface area contributed by atoms with Gasteiger partial charge in [-0.05, 0) is 24.0 Å². The lowest BCUT2D eigenvalue weighted by molar-refractivity contribution is -0.128. The first kappa shape index (κ1) is 11.9. The molecule has 1 aliphatic rings. The Morgan fingerprint density at radius 3 is 2.93 bits per heavy atom. The number of nitrogens with zero attached hydrogens (tertiary/aromatic N) is 1. The molecule has 0 bridgehead atoms. The summed E-state index contributed by atoms with van der Waals surface area (Å²) in [7, 11) is 0. The topological polar surface area (TPSA) is 20.3 Å². The predicted octanol–water partition coefficient (Wildman–Crippen LogP) is 2.20. The van der Waals surface area contributed by atoms with Crippen molar-refractivity contribution >= 4 is 18.5 Å². The standard InChI is InChI=1S/C11H21NOS/c1-3-4-10-5-11(13)12(7-10)6-9(2)8-14/h9-10,14H,3-8H2,1-2H3. The van der Waals surface area contributed by atoms with Crippen molar-refractivity contribution in [1.29, 1.82) is 0 Å². The highest BCUT2D eigenvalue weighted by atomic mass is 32.1. The Labute approximate surface area is 92.5 Å². The summed E-state index contributed by atoms with van der Waals surface area (Å²) in [6.45, 7) is 6.20. The molecule has 0 radical (unpaired) electrons. The molecular weight excluding hydrogens is 194 g/mol. The summed E-state index contributed by atoms with van der Waals surface area (Å²) < 4.78 is 0. The van der Waals surface area contributed by atoms with E-state index in [1.165, 1.54) is 12.8 Å². The molecule has 82 valence electrons. The van der Waals surface area contributed by atoms with E-state index in [0.717, 1.165) is 25.3 Å². The maximum Gasteiger partial charge on any atom is 0.222 e. The average molecular weight is 215 g/mol. The number of carbonyl (C=O) groups excluding carboxylic acids is 1. The molecule has 1 amide bonds. The van der Waals surface area contributed by atoms with Gasteiger partial charge >= 0.3 is 0 Å². The van der Waals surface area contributed by atoms with Crippen molar-refractivity contribution in [2.75, 3.05) is 18.8 Å². The Bertz CT molecular complexity index is 196. The van der Waals surface area contributed by atoms with Gasteiger partial charge in [0.25, 0.3) is 0 Å². The Kier molecular flexibility index (Phi) is 4.79. The van der Waals surface area contributed by atoms with E-state index in [1.54, 1.807) is 0 Å². The molecule has 14 heavy (non-hydrogen) atoms. The van der Waals surface area contributed by atoms with E-state index >= 15 is 0 Å². The smallest absolute Gasteiger partial charge is 0.222 e. The lowest BCUT2D eigenvalue weighted by Gasteiger charge is -2.20. The zero-order valence-electron chi connectivity index (χ0n) is 9.20. The number of carbonyl (C=O) groups is 1. The van der Waals surface area contributed by atoms with Crippen LogP contribution in [0.25, 0.3) is 0 Å². The van der Waals surface area contributed by atoms with Gasteiger partial charge in [0.15, 0.2) is 0 Å². The van der Waals surface area contributed by atoms with Gasteiger partial charge in [0.1, 0.15) is 0 Å². The number of hydrogen-bond acceptors (Lipinski definition) is 2. The van der Waals surface area contributed by atoms with Gasteiger partial charge < -0.3 is 4.90 Å². The van der Waals surface area contributed by atoms with Crippen LogP contribution in [0.5, 0.6) is 0 Å². The number of likely N-dealkylation sites (tertiary alicyclic amines) is 1.